The number of amides is 1. The Morgan fingerprint density at radius 1 is 1.14 bits per heavy atom. The molecule has 1 N–H and O–H groups in total. The Hall–Kier alpha value is -1.95. The minimum absolute atomic E-state index is 0.0221. The summed E-state index contributed by atoms with van der Waals surface area (Å²) in [5.74, 6) is 1.55. The lowest BCUT2D eigenvalue weighted by molar-refractivity contribution is -0.152. The molecule has 0 spiro atoms. The van der Waals surface area contributed by atoms with E-state index in [2.05, 4.69) is 0 Å². The van der Waals surface area contributed by atoms with Crippen molar-refractivity contribution in [1.82, 2.24) is 5.06 Å². The van der Waals surface area contributed by atoms with Crippen LogP contribution in [0.4, 0.5) is 0 Å². The number of hydrogen-bond donors (Lipinski definition) is 1. The van der Waals surface area contributed by atoms with Crippen molar-refractivity contribution in [3.63, 3.8) is 0 Å². The molecule has 22 heavy (non-hydrogen) atoms. The number of nitrogens with zero attached hydrogens (tertiary/aromatic N) is 1. The monoisotopic (exact) mass is 341 g/mol. The fraction of sp³-hybridized carbons (Fsp3) is 0.133. The van der Waals surface area contributed by atoms with Gasteiger partial charge in [0.2, 0.25) is 6.41 Å². The quantitative estimate of drug-likeness (QED) is 0.487. The van der Waals surface area contributed by atoms with E-state index in [1.807, 2.05) is 0 Å². The first-order valence-electron chi connectivity index (χ1n) is 6.24. The van der Waals surface area contributed by atoms with Crippen molar-refractivity contribution in [2.24, 2.45) is 0 Å². The average Bonchev–Trinajstić information content (AvgIpc) is 2.51. The van der Waals surface area contributed by atoms with Gasteiger partial charge in [-0.2, -0.15) is 0 Å². The summed E-state index contributed by atoms with van der Waals surface area (Å²) in [5.41, 5.74) is 0.576. The van der Waals surface area contributed by atoms with Crippen LogP contribution in [-0.2, 0) is 11.3 Å². The maximum absolute atomic E-state index is 10.4. The molecule has 2 aromatic rings. The van der Waals surface area contributed by atoms with Crippen LogP contribution in [0.1, 0.15) is 5.56 Å². The summed E-state index contributed by atoms with van der Waals surface area (Å²) < 4.78 is 10.7. The molecule has 0 aromatic heterocycles. The summed E-state index contributed by atoms with van der Waals surface area (Å²) >= 11 is 12.3. The van der Waals surface area contributed by atoms with Gasteiger partial charge in [0.1, 0.15) is 11.5 Å². The van der Waals surface area contributed by atoms with E-state index >= 15 is 0 Å². The Labute approximate surface area is 137 Å². The fourth-order valence-electron chi connectivity index (χ4n) is 1.79. The second kappa shape index (κ2) is 7.35. The average molecular weight is 342 g/mol. The van der Waals surface area contributed by atoms with Crippen molar-refractivity contribution >= 4 is 29.6 Å². The molecular weight excluding hydrogens is 329 g/mol. The van der Waals surface area contributed by atoms with Crippen molar-refractivity contribution in [3.05, 3.63) is 52.0 Å². The molecule has 2 aromatic carbocycles. The zero-order valence-electron chi connectivity index (χ0n) is 11.6. The summed E-state index contributed by atoms with van der Waals surface area (Å²) in [7, 11) is 1.58. The lowest BCUT2D eigenvalue weighted by Gasteiger charge is -2.13. The SMILES string of the molecule is COc1ccc(Oc2c(Cl)cc(CN(O)C=O)cc2Cl)cc1. The van der Waals surface area contributed by atoms with Crippen molar-refractivity contribution in [2.75, 3.05) is 7.11 Å². The molecular formula is C15H13Cl2NO4. The lowest BCUT2D eigenvalue weighted by atomic mass is 10.2. The molecule has 0 aliphatic rings. The number of methoxy groups -OCH3 is 1. The summed E-state index contributed by atoms with van der Waals surface area (Å²) in [6.45, 7) is -0.0221. The number of hydrogen-bond acceptors (Lipinski definition) is 4. The molecule has 0 bridgehead atoms. The number of hydroxylamine groups is 2. The summed E-state index contributed by atoms with van der Waals surface area (Å²) in [6, 6.07) is 10.1. The number of halogens is 2. The molecule has 2 rings (SSSR count). The smallest absolute Gasteiger partial charge is 0.233 e. The highest BCUT2D eigenvalue weighted by Gasteiger charge is 2.12. The normalized spacial score (nSPS) is 10.2. The molecule has 0 radical (unpaired) electrons. The number of carbonyl (C=O) groups excluding carboxylic acids is 1. The van der Waals surface area contributed by atoms with Crippen LogP contribution in [-0.4, -0.2) is 23.8 Å². The lowest BCUT2D eigenvalue weighted by Crippen LogP contribution is -2.15. The number of ether oxygens (including phenoxy) is 2. The minimum Gasteiger partial charge on any atom is -0.497 e. The molecule has 5 nitrogen and oxygen atoms in total. The Kier molecular flexibility index (Phi) is 5.49. The van der Waals surface area contributed by atoms with Crippen LogP contribution in [0.25, 0.3) is 0 Å². The van der Waals surface area contributed by atoms with Gasteiger partial charge in [0.25, 0.3) is 0 Å². The number of carbonyl (C=O) groups is 1. The Morgan fingerprint density at radius 2 is 1.68 bits per heavy atom. The number of rotatable bonds is 6. The van der Waals surface area contributed by atoms with Crippen LogP contribution in [0.15, 0.2) is 36.4 Å². The third kappa shape index (κ3) is 4.04. The van der Waals surface area contributed by atoms with E-state index in [-0.39, 0.29) is 16.6 Å². The third-order valence-electron chi connectivity index (χ3n) is 2.80. The topological polar surface area (TPSA) is 59.0 Å². The van der Waals surface area contributed by atoms with E-state index in [1.165, 1.54) is 0 Å². The molecule has 116 valence electrons. The molecule has 1 amide bonds. The van der Waals surface area contributed by atoms with E-state index < -0.39 is 0 Å². The van der Waals surface area contributed by atoms with Crippen LogP contribution < -0.4 is 9.47 Å². The first kappa shape index (κ1) is 16.4. The van der Waals surface area contributed by atoms with E-state index in [4.69, 9.17) is 32.7 Å². The zero-order chi connectivity index (χ0) is 16.1. The highest BCUT2D eigenvalue weighted by atomic mass is 35.5. The van der Waals surface area contributed by atoms with Crippen LogP contribution in [0, 0.1) is 0 Å². The van der Waals surface area contributed by atoms with Gasteiger partial charge in [0.05, 0.1) is 23.7 Å². The van der Waals surface area contributed by atoms with Crippen LogP contribution in [0.5, 0.6) is 17.2 Å². The molecule has 0 aliphatic heterocycles. The van der Waals surface area contributed by atoms with Crippen LogP contribution in [0.2, 0.25) is 10.0 Å². The van der Waals surface area contributed by atoms with Crippen molar-refractivity contribution < 1.29 is 19.5 Å². The summed E-state index contributed by atoms with van der Waals surface area (Å²) in [6.07, 6.45) is 0.295. The number of benzene rings is 2. The van der Waals surface area contributed by atoms with E-state index in [0.717, 1.165) is 0 Å². The van der Waals surface area contributed by atoms with E-state index in [1.54, 1.807) is 43.5 Å². The van der Waals surface area contributed by atoms with Crippen molar-refractivity contribution in [3.8, 4) is 17.2 Å². The predicted octanol–water partition coefficient (Wildman–Crippen LogP) is 4.14. The van der Waals surface area contributed by atoms with E-state index in [9.17, 15) is 10.0 Å². The second-order valence-corrected chi connectivity index (χ2v) is 5.18. The minimum atomic E-state index is -0.0221. The third-order valence-corrected chi connectivity index (χ3v) is 3.37. The van der Waals surface area contributed by atoms with Gasteiger partial charge in [-0.15, -0.1) is 0 Å². The molecule has 7 heteroatoms. The first-order valence-corrected chi connectivity index (χ1v) is 6.99. The van der Waals surface area contributed by atoms with Gasteiger partial charge in [-0.1, -0.05) is 23.2 Å². The second-order valence-electron chi connectivity index (χ2n) is 4.37. The van der Waals surface area contributed by atoms with Gasteiger partial charge >= 0.3 is 0 Å². The molecule has 0 heterocycles. The molecule has 0 aliphatic carbocycles. The van der Waals surface area contributed by atoms with Gasteiger partial charge in [0.15, 0.2) is 5.75 Å². The van der Waals surface area contributed by atoms with Crippen LogP contribution >= 0.6 is 23.2 Å². The largest absolute Gasteiger partial charge is 0.497 e. The Bertz CT molecular complexity index is 638. The maximum atomic E-state index is 10.4. The fourth-order valence-corrected chi connectivity index (χ4v) is 2.40. The van der Waals surface area contributed by atoms with Gasteiger partial charge in [-0.25, -0.2) is 5.06 Å². The Morgan fingerprint density at radius 3 is 2.18 bits per heavy atom. The summed E-state index contributed by atoms with van der Waals surface area (Å²) in [4.78, 5) is 10.4. The van der Waals surface area contributed by atoms with Gasteiger partial charge in [-0.05, 0) is 42.0 Å². The molecule has 0 fully saturated rings. The van der Waals surface area contributed by atoms with Gasteiger partial charge in [-0.3, -0.25) is 10.0 Å². The molecule has 0 atom stereocenters. The Balaban J connectivity index is 2.21. The summed E-state index contributed by atoms with van der Waals surface area (Å²) in [5, 5.41) is 10.2. The van der Waals surface area contributed by atoms with Crippen molar-refractivity contribution in [2.45, 2.75) is 6.54 Å². The molecule has 0 saturated heterocycles. The predicted molar refractivity (Wildman–Crippen MR) is 82.9 cm³/mol. The van der Waals surface area contributed by atoms with Crippen molar-refractivity contribution in [1.29, 1.82) is 0 Å². The maximum Gasteiger partial charge on any atom is 0.233 e. The highest BCUT2D eigenvalue weighted by Crippen LogP contribution is 2.37. The van der Waals surface area contributed by atoms with Gasteiger partial charge < -0.3 is 9.47 Å². The van der Waals surface area contributed by atoms with Crippen LogP contribution in [0.3, 0.4) is 0 Å². The first-order chi connectivity index (χ1) is 10.5. The van der Waals surface area contributed by atoms with Gasteiger partial charge in [0, 0.05) is 0 Å². The zero-order valence-corrected chi connectivity index (χ0v) is 13.1. The van der Waals surface area contributed by atoms with E-state index in [0.29, 0.717) is 34.3 Å². The standard InChI is InChI=1S/C15H13Cl2NO4/c1-21-11-2-4-12(5-3-11)22-15-13(16)6-10(7-14(15)17)8-18(20)9-19/h2-7,9,20H,8H2,1H3. The highest BCUT2D eigenvalue weighted by molar-refractivity contribution is 6.37. The molecule has 0 saturated carbocycles. The molecule has 0 unspecified atom stereocenters.